The average Bonchev–Trinajstić information content (AvgIpc) is 2.86. The van der Waals surface area contributed by atoms with Crippen molar-refractivity contribution in [3.8, 4) is 0 Å². The molecule has 0 aliphatic carbocycles. The Balaban J connectivity index is 1.91. The Morgan fingerprint density at radius 2 is 2.47 bits per heavy atom. The predicted molar refractivity (Wildman–Crippen MR) is 71.0 cm³/mol. The van der Waals surface area contributed by atoms with Crippen LogP contribution in [0, 0.1) is 10.6 Å². The Kier molecular flexibility index (Phi) is 2.75. The van der Waals surface area contributed by atoms with Gasteiger partial charge in [-0.3, -0.25) is 0 Å². The average molecular weight is 347 g/mol. The molecule has 5 nitrogen and oxygen atoms in total. The van der Waals surface area contributed by atoms with Crippen molar-refractivity contribution in [1.82, 2.24) is 9.97 Å². The lowest BCUT2D eigenvalue weighted by Crippen LogP contribution is -2.45. The minimum atomic E-state index is -0.366. The van der Waals surface area contributed by atoms with E-state index in [0.29, 0.717) is 12.6 Å². The number of ether oxygens (including phenoxy) is 1. The zero-order chi connectivity index (χ0) is 12.0. The van der Waals surface area contributed by atoms with Crippen LogP contribution in [0.5, 0.6) is 0 Å². The number of halogens is 1. The lowest BCUT2D eigenvalue weighted by atomic mass is 10.1. The van der Waals surface area contributed by atoms with Gasteiger partial charge in [0.2, 0.25) is 0 Å². The Labute approximate surface area is 113 Å². The van der Waals surface area contributed by atoms with Crippen molar-refractivity contribution in [2.24, 2.45) is 0 Å². The molecule has 6 heteroatoms. The third kappa shape index (κ3) is 1.92. The normalized spacial score (nSPS) is 31.2. The van der Waals surface area contributed by atoms with Crippen LogP contribution in [0.25, 0.3) is 0 Å². The smallest absolute Gasteiger partial charge is 0.133 e. The Hall–Kier alpha value is -0.470. The summed E-state index contributed by atoms with van der Waals surface area (Å²) in [6, 6.07) is 2.33. The summed E-state index contributed by atoms with van der Waals surface area (Å²) in [4.78, 5) is 11.0. The van der Waals surface area contributed by atoms with Crippen molar-refractivity contribution in [3.63, 3.8) is 0 Å². The molecule has 1 aromatic rings. The number of aliphatic hydroxyl groups is 1. The number of hydrogen-bond acceptors (Lipinski definition) is 5. The van der Waals surface area contributed by atoms with E-state index in [9.17, 15) is 5.11 Å². The number of fused-ring (bicyclic) bond motifs is 2. The highest BCUT2D eigenvalue weighted by molar-refractivity contribution is 14.1. The predicted octanol–water partition coefficient (Wildman–Crippen LogP) is 0.730. The maximum atomic E-state index is 9.43. The number of nitrogens with zero attached hydrogens (tertiary/aromatic N) is 3. The molecule has 2 aliphatic rings. The molecule has 3 rings (SSSR count). The van der Waals surface area contributed by atoms with Crippen LogP contribution in [0.1, 0.15) is 12.2 Å². The SMILES string of the molecule is Cc1nc(I)cc(N2CC3(CO)CC2CO3)n1. The van der Waals surface area contributed by atoms with Gasteiger partial charge in [0.1, 0.15) is 20.9 Å². The van der Waals surface area contributed by atoms with E-state index in [1.165, 1.54) is 0 Å². The fourth-order valence-corrected chi connectivity index (χ4v) is 3.29. The summed E-state index contributed by atoms with van der Waals surface area (Å²) >= 11 is 2.20. The molecule has 1 aromatic heterocycles. The van der Waals surface area contributed by atoms with Crippen molar-refractivity contribution in [2.75, 3.05) is 24.7 Å². The maximum absolute atomic E-state index is 9.43. The molecule has 2 unspecified atom stereocenters. The zero-order valence-corrected chi connectivity index (χ0v) is 11.7. The van der Waals surface area contributed by atoms with Gasteiger partial charge in [0.25, 0.3) is 0 Å². The lowest BCUT2D eigenvalue weighted by molar-refractivity contribution is -0.0375. The van der Waals surface area contributed by atoms with Crippen LogP contribution in [0.15, 0.2) is 6.07 Å². The highest BCUT2D eigenvalue weighted by Gasteiger charge is 2.51. The van der Waals surface area contributed by atoms with E-state index >= 15 is 0 Å². The van der Waals surface area contributed by atoms with E-state index in [2.05, 4.69) is 37.5 Å². The van der Waals surface area contributed by atoms with Crippen LogP contribution in [0.3, 0.4) is 0 Å². The first kappa shape index (κ1) is 11.6. The van der Waals surface area contributed by atoms with Crippen LogP contribution >= 0.6 is 22.6 Å². The molecule has 0 saturated carbocycles. The minimum absolute atomic E-state index is 0.0845. The lowest BCUT2D eigenvalue weighted by Gasteiger charge is -2.32. The minimum Gasteiger partial charge on any atom is -0.393 e. The van der Waals surface area contributed by atoms with E-state index in [1.807, 2.05) is 13.0 Å². The van der Waals surface area contributed by atoms with Crippen molar-refractivity contribution in [1.29, 1.82) is 0 Å². The molecule has 2 fully saturated rings. The number of aliphatic hydroxyl groups excluding tert-OH is 1. The van der Waals surface area contributed by atoms with E-state index in [0.717, 1.165) is 28.3 Å². The third-order valence-corrected chi connectivity index (χ3v) is 4.02. The second-order valence-electron chi connectivity index (χ2n) is 4.73. The van der Waals surface area contributed by atoms with Gasteiger partial charge >= 0.3 is 0 Å². The van der Waals surface area contributed by atoms with E-state index < -0.39 is 0 Å². The van der Waals surface area contributed by atoms with Gasteiger partial charge in [-0.05, 0) is 29.5 Å². The molecule has 2 aliphatic heterocycles. The highest BCUT2D eigenvalue weighted by atomic mass is 127. The summed E-state index contributed by atoms with van der Waals surface area (Å²) in [6.45, 7) is 3.39. The first-order valence-electron chi connectivity index (χ1n) is 5.64. The Morgan fingerprint density at radius 1 is 1.65 bits per heavy atom. The van der Waals surface area contributed by atoms with E-state index in [4.69, 9.17) is 4.74 Å². The standard InChI is InChI=1S/C11H14IN3O2/c1-7-13-9(12)2-10(14-7)15-5-11(6-16)3-8(15)4-17-11/h2,8,16H,3-6H2,1H3. The monoisotopic (exact) mass is 347 g/mol. The van der Waals surface area contributed by atoms with Crippen LogP contribution in [0.2, 0.25) is 0 Å². The first-order valence-corrected chi connectivity index (χ1v) is 6.72. The van der Waals surface area contributed by atoms with E-state index in [-0.39, 0.29) is 12.2 Å². The second kappa shape index (κ2) is 4.03. The summed E-state index contributed by atoms with van der Waals surface area (Å²) in [5.74, 6) is 1.74. The molecule has 0 amide bonds. The first-order chi connectivity index (χ1) is 8.12. The molecular weight excluding hydrogens is 333 g/mol. The van der Waals surface area contributed by atoms with E-state index in [1.54, 1.807) is 0 Å². The van der Waals surface area contributed by atoms with Crippen molar-refractivity contribution >= 4 is 28.4 Å². The number of morpholine rings is 1. The molecule has 3 heterocycles. The number of anilines is 1. The van der Waals surface area contributed by atoms with Gasteiger partial charge < -0.3 is 14.7 Å². The number of rotatable bonds is 2. The van der Waals surface area contributed by atoms with Gasteiger partial charge in [0.05, 0.1) is 25.8 Å². The molecule has 17 heavy (non-hydrogen) atoms. The number of aromatic nitrogens is 2. The van der Waals surface area contributed by atoms with Crippen molar-refractivity contribution in [2.45, 2.75) is 25.0 Å². The van der Waals surface area contributed by atoms with Gasteiger partial charge in [-0.2, -0.15) is 0 Å². The maximum Gasteiger partial charge on any atom is 0.133 e. The molecule has 2 atom stereocenters. The second-order valence-corrected chi connectivity index (χ2v) is 5.84. The Morgan fingerprint density at radius 3 is 3.12 bits per heavy atom. The fourth-order valence-electron chi connectivity index (χ4n) is 2.66. The zero-order valence-electron chi connectivity index (χ0n) is 9.56. The summed E-state index contributed by atoms with van der Waals surface area (Å²) in [6.07, 6.45) is 0.892. The molecule has 0 spiro atoms. The highest BCUT2D eigenvalue weighted by Crippen LogP contribution is 2.39. The van der Waals surface area contributed by atoms with Crippen LogP contribution < -0.4 is 4.90 Å². The molecule has 2 bridgehead atoms. The third-order valence-electron chi connectivity index (χ3n) is 3.46. The van der Waals surface area contributed by atoms with Gasteiger partial charge in [-0.15, -0.1) is 0 Å². The van der Waals surface area contributed by atoms with Crippen LogP contribution in [0.4, 0.5) is 5.82 Å². The summed E-state index contributed by atoms with van der Waals surface area (Å²) in [5.41, 5.74) is -0.366. The van der Waals surface area contributed by atoms with Gasteiger partial charge in [0, 0.05) is 12.5 Å². The van der Waals surface area contributed by atoms with Crippen LogP contribution in [-0.4, -0.2) is 46.5 Å². The Bertz CT molecular complexity index is 436. The molecular formula is C11H14IN3O2. The summed E-state index contributed by atoms with van der Waals surface area (Å²) in [5, 5.41) is 9.43. The molecule has 92 valence electrons. The molecule has 0 radical (unpaired) electrons. The van der Waals surface area contributed by atoms with Gasteiger partial charge in [-0.1, -0.05) is 0 Å². The van der Waals surface area contributed by atoms with Crippen LogP contribution in [-0.2, 0) is 4.74 Å². The quantitative estimate of drug-likeness (QED) is 0.632. The van der Waals surface area contributed by atoms with Crippen molar-refractivity contribution in [3.05, 3.63) is 15.6 Å². The van der Waals surface area contributed by atoms with Gasteiger partial charge in [-0.25, -0.2) is 9.97 Å². The fraction of sp³-hybridized carbons (Fsp3) is 0.636. The molecule has 1 N–H and O–H groups in total. The largest absolute Gasteiger partial charge is 0.393 e. The molecule has 0 aromatic carbocycles. The summed E-state index contributed by atoms with van der Waals surface area (Å²) in [7, 11) is 0. The topological polar surface area (TPSA) is 58.5 Å². The molecule has 2 saturated heterocycles. The van der Waals surface area contributed by atoms with Gasteiger partial charge in [0.15, 0.2) is 0 Å². The number of aryl methyl sites for hydroxylation is 1. The number of hydrogen-bond donors (Lipinski definition) is 1. The van der Waals surface area contributed by atoms with Crippen molar-refractivity contribution < 1.29 is 9.84 Å². The summed E-state index contributed by atoms with van der Waals surface area (Å²) < 4.78 is 6.61.